The molecule has 0 aliphatic carbocycles. The van der Waals surface area contributed by atoms with Crippen molar-refractivity contribution < 1.29 is 4.79 Å². The van der Waals surface area contributed by atoms with Gasteiger partial charge >= 0.3 is 0 Å². The fourth-order valence-corrected chi connectivity index (χ4v) is 2.36. The highest BCUT2D eigenvalue weighted by molar-refractivity contribution is 7.10. The quantitative estimate of drug-likeness (QED) is 0.845. The molecule has 2 N–H and O–H groups in total. The molecular weight excluding hydrogens is 256 g/mol. The fraction of sp³-hybridized carbons (Fsp3) is 0.533. The van der Waals surface area contributed by atoms with Gasteiger partial charge in [-0.2, -0.15) is 0 Å². The Balaban J connectivity index is 2.86. The van der Waals surface area contributed by atoms with Crippen LogP contribution >= 0.6 is 11.3 Å². The Hall–Kier alpha value is -1.31. The summed E-state index contributed by atoms with van der Waals surface area (Å²) >= 11 is 1.48. The first-order chi connectivity index (χ1) is 8.77. The van der Waals surface area contributed by atoms with Gasteiger partial charge in [0.1, 0.15) is 0 Å². The third kappa shape index (κ3) is 4.09. The van der Waals surface area contributed by atoms with E-state index in [4.69, 9.17) is 5.73 Å². The lowest BCUT2D eigenvalue weighted by molar-refractivity contribution is 0.0630. The number of thiophene rings is 1. The smallest absolute Gasteiger partial charge is 0.254 e. The molecule has 1 aromatic rings. The molecule has 1 aromatic heterocycles. The highest BCUT2D eigenvalue weighted by Gasteiger charge is 2.27. The molecule has 3 nitrogen and oxygen atoms in total. The maximum Gasteiger partial charge on any atom is 0.254 e. The van der Waals surface area contributed by atoms with E-state index in [9.17, 15) is 4.79 Å². The first-order valence-electron chi connectivity index (χ1n) is 6.32. The molecule has 0 fully saturated rings. The first-order valence-corrected chi connectivity index (χ1v) is 7.20. The Kier molecular flexibility index (Phi) is 5.16. The molecule has 0 saturated heterocycles. The number of amides is 1. The number of nitrogens with two attached hydrogens (primary N) is 1. The van der Waals surface area contributed by atoms with Crippen LogP contribution in [0.15, 0.2) is 11.4 Å². The van der Waals surface area contributed by atoms with Gasteiger partial charge in [0.2, 0.25) is 0 Å². The second kappa shape index (κ2) is 6.23. The van der Waals surface area contributed by atoms with E-state index in [0.29, 0.717) is 12.1 Å². The molecule has 0 spiro atoms. The van der Waals surface area contributed by atoms with E-state index in [1.54, 1.807) is 4.90 Å². The van der Waals surface area contributed by atoms with Gasteiger partial charge in [0.05, 0.1) is 17.0 Å². The molecule has 1 unspecified atom stereocenters. The lowest BCUT2D eigenvalue weighted by Crippen LogP contribution is -2.42. The van der Waals surface area contributed by atoms with E-state index in [-0.39, 0.29) is 17.4 Å². The monoisotopic (exact) mass is 278 g/mol. The molecule has 1 rings (SSSR count). The lowest BCUT2D eigenvalue weighted by Gasteiger charge is -2.35. The summed E-state index contributed by atoms with van der Waals surface area (Å²) in [6, 6.07) is 2.00. The maximum absolute atomic E-state index is 12.4. The molecule has 0 radical (unpaired) electrons. The number of rotatable bonds is 2. The van der Waals surface area contributed by atoms with Crippen LogP contribution < -0.4 is 5.73 Å². The molecule has 19 heavy (non-hydrogen) atoms. The highest BCUT2D eigenvalue weighted by atomic mass is 32.1. The van der Waals surface area contributed by atoms with Crippen molar-refractivity contribution in [2.75, 3.05) is 13.6 Å². The molecule has 0 aliphatic heterocycles. The molecule has 1 atom stereocenters. The average molecular weight is 278 g/mol. The molecule has 1 heterocycles. The van der Waals surface area contributed by atoms with Gasteiger partial charge in [-0.3, -0.25) is 4.79 Å². The van der Waals surface area contributed by atoms with E-state index in [2.05, 4.69) is 39.5 Å². The summed E-state index contributed by atoms with van der Waals surface area (Å²) in [4.78, 5) is 15.1. The van der Waals surface area contributed by atoms with Crippen LogP contribution in [0, 0.1) is 17.3 Å². The molecule has 0 bridgehead atoms. The number of hydrogen-bond acceptors (Lipinski definition) is 3. The van der Waals surface area contributed by atoms with Crippen molar-refractivity contribution in [2.24, 2.45) is 11.1 Å². The number of carbonyl (C=O) groups excluding carboxylic acids is 1. The van der Waals surface area contributed by atoms with Gasteiger partial charge in [0.15, 0.2) is 0 Å². The highest BCUT2D eigenvalue weighted by Crippen LogP contribution is 2.25. The number of nitrogens with zero attached hydrogens (tertiary/aromatic N) is 1. The molecule has 0 saturated carbocycles. The SMILES string of the molecule is CC(N(C)C(=O)c1csc(C#CCN)c1)C(C)(C)C. The lowest BCUT2D eigenvalue weighted by atomic mass is 9.87. The molecular formula is C15H22N2OS. The van der Waals surface area contributed by atoms with Crippen LogP contribution in [-0.4, -0.2) is 30.4 Å². The zero-order valence-corrected chi connectivity index (χ0v) is 13.1. The largest absolute Gasteiger partial charge is 0.338 e. The van der Waals surface area contributed by atoms with Crippen molar-refractivity contribution in [3.8, 4) is 11.8 Å². The third-order valence-corrected chi connectivity index (χ3v) is 4.16. The van der Waals surface area contributed by atoms with E-state index < -0.39 is 0 Å². The predicted octanol–water partition coefficient (Wildman–Crippen LogP) is 2.56. The summed E-state index contributed by atoms with van der Waals surface area (Å²) in [7, 11) is 1.85. The van der Waals surface area contributed by atoms with Crippen molar-refractivity contribution in [1.29, 1.82) is 0 Å². The van der Waals surface area contributed by atoms with Crippen LogP contribution in [0.4, 0.5) is 0 Å². The van der Waals surface area contributed by atoms with E-state index in [1.165, 1.54) is 11.3 Å². The fourth-order valence-electron chi connectivity index (χ4n) is 1.61. The van der Waals surface area contributed by atoms with Gasteiger partial charge in [-0.05, 0) is 18.4 Å². The van der Waals surface area contributed by atoms with Gasteiger partial charge in [-0.25, -0.2) is 0 Å². The second-order valence-electron chi connectivity index (χ2n) is 5.66. The zero-order chi connectivity index (χ0) is 14.6. The van der Waals surface area contributed by atoms with Crippen molar-refractivity contribution in [3.63, 3.8) is 0 Å². The van der Waals surface area contributed by atoms with E-state index in [0.717, 1.165) is 4.88 Å². The minimum Gasteiger partial charge on any atom is -0.338 e. The van der Waals surface area contributed by atoms with Crippen LogP contribution in [0.2, 0.25) is 0 Å². The molecule has 1 amide bonds. The normalized spacial score (nSPS) is 12.5. The summed E-state index contributed by atoms with van der Waals surface area (Å²) in [6.45, 7) is 8.80. The number of carbonyl (C=O) groups is 1. The van der Waals surface area contributed by atoms with E-state index >= 15 is 0 Å². The predicted molar refractivity (Wildman–Crippen MR) is 81.3 cm³/mol. The van der Waals surface area contributed by atoms with Gasteiger partial charge in [0, 0.05) is 18.5 Å². The topological polar surface area (TPSA) is 46.3 Å². The minimum absolute atomic E-state index is 0.0412. The summed E-state index contributed by atoms with van der Waals surface area (Å²) < 4.78 is 0. The van der Waals surface area contributed by atoms with Crippen LogP contribution in [0.5, 0.6) is 0 Å². The average Bonchev–Trinajstić information content (AvgIpc) is 2.81. The molecule has 104 valence electrons. The standard InChI is InChI=1S/C15H22N2OS/c1-11(15(2,3)4)17(5)14(18)12-9-13(19-10-12)7-6-8-16/h9-11H,8,16H2,1-5H3. The van der Waals surface area contributed by atoms with Crippen LogP contribution in [0.1, 0.15) is 42.9 Å². The Bertz CT molecular complexity index is 502. The summed E-state index contributed by atoms with van der Waals surface area (Å²) in [5.74, 6) is 5.79. The Labute approximate surface area is 119 Å². The van der Waals surface area contributed by atoms with Gasteiger partial charge in [-0.15, -0.1) is 11.3 Å². The molecule has 0 aliphatic rings. The van der Waals surface area contributed by atoms with Gasteiger partial charge in [0.25, 0.3) is 5.91 Å². The van der Waals surface area contributed by atoms with Crippen LogP contribution in [0.25, 0.3) is 0 Å². The van der Waals surface area contributed by atoms with Crippen LogP contribution in [0.3, 0.4) is 0 Å². The van der Waals surface area contributed by atoms with Crippen molar-refractivity contribution in [1.82, 2.24) is 4.90 Å². The van der Waals surface area contributed by atoms with Gasteiger partial charge in [-0.1, -0.05) is 32.6 Å². The minimum atomic E-state index is 0.0412. The van der Waals surface area contributed by atoms with E-state index in [1.807, 2.05) is 18.5 Å². The Morgan fingerprint density at radius 2 is 2.16 bits per heavy atom. The Morgan fingerprint density at radius 1 is 1.53 bits per heavy atom. The van der Waals surface area contributed by atoms with Crippen LogP contribution in [-0.2, 0) is 0 Å². The zero-order valence-electron chi connectivity index (χ0n) is 12.3. The third-order valence-electron chi connectivity index (χ3n) is 3.31. The van der Waals surface area contributed by atoms with Crippen molar-refractivity contribution in [3.05, 3.63) is 21.9 Å². The molecule has 4 heteroatoms. The maximum atomic E-state index is 12.4. The van der Waals surface area contributed by atoms with Crippen molar-refractivity contribution >= 4 is 17.2 Å². The van der Waals surface area contributed by atoms with Crippen molar-refractivity contribution in [2.45, 2.75) is 33.7 Å². The summed E-state index contributed by atoms with van der Waals surface area (Å²) in [5.41, 5.74) is 6.09. The second-order valence-corrected chi connectivity index (χ2v) is 6.57. The van der Waals surface area contributed by atoms with Gasteiger partial charge < -0.3 is 10.6 Å². The molecule has 0 aromatic carbocycles. The first kappa shape index (κ1) is 15.7. The summed E-state index contributed by atoms with van der Waals surface area (Å²) in [6.07, 6.45) is 0. The summed E-state index contributed by atoms with van der Waals surface area (Å²) in [5, 5.41) is 1.86. The Morgan fingerprint density at radius 3 is 2.68 bits per heavy atom. The number of hydrogen-bond donors (Lipinski definition) is 1.